The molecule has 0 amide bonds. The molecule has 312 valence electrons. The highest BCUT2D eigenvalue weighted by Crippen LogP contribution is 2.32. The van der Waals surface area contributed by atoms with E-state index in [4.69, 9.17) is 36.7 Å². The van der Waals surface area contributed by atoms with Crippen molar-refractivity contribution in [2.75, 3.05) is 30.1 Å². The number of thiocarbonyl (C=S) groups is 3. The number of para-hydroxylation sites is 2. The van der Waals surface area contributed by atoms with Gasteiger partial charge < -0.3 is 0 Å². The molecule has 7 aromatic rings. The molecule has 2 atom stereocenters. The van der Waals surface area contributed by atoms with Crippen molar-refractivity contribution in [3.8, 4) is 0 Å². The van der Waals surface area contributed by atoms with Crippen LogP contribution in [0.15, 0.2) is 200 Å². The molecule has 3 aliphatic heterocycles. The van der Waals surface area contributed by atoms with Gasteiger partial charge in [-0.05, 0) is 126 Å². The van der Waals surface area contributed by atoms with Crippen molar-refractivity contribution >= 4 is 86.1 Å². The first kappa shape index (κ1) is 40.4. The first-order valence-electron chi connectivity index (χ1n) is 20.4. The lowest BCUT2D eigenvalue weighted by Gasteiger charge is -2.45. The lowest BCUT2D eigenvalue weighted by atomic mass is 10.1. The third kappa shape index (κ3) is 8.36. The molecule has 0 bridgehead atoms. The van der Waals surface area contributed by atoms with Gasteiger partial charge in [0.2, 0.25) is 15.3 Å². The van der Waals surface area contributed by atoms with Crippen LogP contribution in [0.2, 0.25) is 0 Å². The average molecular weight is 883 g/mol. The monoisotopic (exact) mass is 882 g/mol. The molecule has 0 radical (unpaired) electrons. The van der Waals surface area contributed by atoms with Crippen LogP contribution in [0.4, 0.5) is 34.1 Å². The molecule has 63 heavy (non-hydrogen) atoms. The van der Waals surface area contributed by atoms with Crippen molar-refractivity contribution < 1.29 is 0 Å². The summed E-state index contributed by atoms with van der Waals surface area (Å²) < 4.78 is 0. The van der Waals surface area contributed by atoms with E-state index in [2.05, 4.69) is 69.0 Å². The fourth-order valence-electron chi connectivity index (χ4n) is 7.64. The fraction of sp³-hybridized carbons (Fsp3) is 0.0625. The van der Waals surface area contributed by atoms with Gasteiger partial charge in [-0.25, -0.2) is 62.6 Å². The third-order valence-electron chi connectivity index (χ3n) is 10.9. The van der Waals surface area contributed by atoms with Crippen LogP contribution in [0, 0.1) is 0 Å². The van der Waals surface area contributed by atoms with Gasteiger partial charge in [-0.15, -0.1) is 0 Å². The van der Waals surface area contributed by atoms with Crippen LogP contribution < -0.4 is 62.6 Å². The summed E-state index contributed by atoms with van der Waals surface area (Å²) in [5.41, 5.74) is 30.0. The quantitative estimate of drug-likeness (QED) is 0.0782. The van der Waals surface area contributed by atoms with Crippen LogP contribution in [-0.2, 0) is 0 Å². The predicted molar refractivity (Wildman–Crippen MR) is 265 cm³/mol. The first-order valence-corrected chi connectivity index (χ1v) is 21.7. The molecule has 7 aromatic carbocycles. The van der Waals surface area contributed by atoms with Gasteiger partial charge in [0, 0.05) is 0 Å². The first-order chi connectivity index (χ1) is 31.0. The molecule has 3 fully saturated rings. The second-order valence-electron chi connectivity index (χ2n) is 14.9. The van der Waals surface area contributed by atoms with Gasteiger partial charge in [-0.2, -0.15) is 0 Å². The normalized spacial score (nSPS) is 19.4. The highest BCUT2D eigenvalue weighted by Gasteiger charge is 2.35. The molecule has 0 aliphatic carbocycles. The van der Waals surface area contributed by atoms with E-state index in [9.17, 15) is 0 Å². The van der Waals surface area contributed by atoms with E-state index >= 15 is 0 Å². The Hall–Kier alpha value is -6.63. The van der Waals surface area contributed by atoms with Gasteiger partial charge in [-0.3, -0.25) is 0 Å². The highest BCUT2D eigenvalue weighted by atomic mass is 32.1. The molecule has 3 aliphatic rings. The van der Waals surface area contributed by atoms with Crippen molar-refractivity contribution in [2.24, 2.45) is 0 Å². The zero-order chi connectivity index (χ0) is 42.7. The maximum absolute atomic E-state index is 6.26. The molecular weight excluding hydrogens is 841 g/mol. The number of benzene rings is 7. The molecule has 3 saturated heterocycles. The molecule has 0 aromatic heterocycles. The van der Waals surface area contributed by atoms with E-state index in [-0.39, 0.29) is 18.5 Å². The van der Waals surface area contributed by atoms with Gasteiger partial charge in [0.15, 0.2) is 0 Å². The maximum Gasteiger partial charge on any atom is 0.210 e. The summed E-state index contributed by atoms with van der Waals surface area (Å²) in [6.07, 6.45) is -0.824. The van der Waals surface area contributed by atoms with Gasteiger partial charge in [-0.1, -0.05) is 127 Å². The third-order valence-corrected chi connectivity index (χ3v) is 12.0. The summed E-state index contributed by atoms with van der Waals surface area (Å²) in [7, 11) is 0. The number of nitrogens with one attached hydrogen (secondary N) is 6. The van der Waals surface area contributed by atoms with Crippen molar-refractivity contribution in [1.29, 1.82) is 0 Å². The Morgan fingerprint density at radius 2 is 0.413 bits per heavy atom. The number of hydrazine groups is 6. The molecule has 12 nitrogen and oxygen atoms in total. The van der Waals surface area contributed by atoms with E-state index in [0.29, 0.717) is 15.3 Å². The van der Waals surface area contributed by atoms with Crippen LogP contribution in [0.3, 0.4) is 0 Å². The lowest BCUT2D eigenvalue weighted by molar-refractivity contribution is 0.427. The van der Waals surface area contributed by atoms with Crippen LogP contribution in [0.1, 0.15) is 35.2 Å². The number of hydrogen-bond donors (Lipinski definition) is 6. The van der Waals surface area contributed by atoms with Crippen LogP contribution >= 0.6 is 36.7 Å². The summed E-state index contributed by atoms with van der Waals surface area (Å²) in [5, 5.41) is 13.2. The molecule has 0 saturated carbocycles. The molecule has 10 rings (SSSR count). The Bertz CT molecular complexity index is 2520. The minimum atomic E-state index is -0.320. The summed E-state index contributed by atoms with van der Waals surface area (Å²) in [4.78, 5) is 0. The average Bonchev–Trinajstić information content (AvgIpc) is 3.36. The summed E-state index contributed by atoms with van der Waals surface area (Å²) in [6, 6.07) is 67.2. The van der Waals surface area contributed by atoms with Gasteiger partial charge in [0.05, 0.1) is 34.1 Å². The number of anilines is 6. The number of nitrogens with zero attached hydrogens (tertiary/aromatic N) is 6. The molecule has 15 heteroatoms. The Morgan fingerprint density at radius 3 is 0.619 bits per heavy atom. The fourth-order valence-corrected chi connectivity index (χ4v) is 8.59. The van der Waals surface area contributed by atoms with E-state index < -0.39 is 0 Å². The molecule has 0 spiro atoms. The largest absolute Gasteiger partial charge is 0.249 e. The van der Waals surface area contributed by atoms with Crippen molar-refractivity contribution in [1.82, 2.24) is 32.6 Å². The Morgan fingerprint density at radius 1 is 0.238 bits per heavy atom. The molecular formula is C48H42N12S3. The van der Waals surface area contributed by atoms with E-state index in [1.807, 2.05) is 194 Å². The lowest BCUT2D eigenvalue weighted by Crippen LogP contribution is -2.66. The summed E-state index contributed by atoms with van der Waals surface area (Å²) >= 11 is 18.4. The maximum atomic E-state index is 6.26. The second-order valence-corrected chi connectivity index (χ2v) is 16.0. The Balaban J connectivity index is 0.933. The minimum absolute atomic E-state index is 0.252. The molecule has 2 unspecified atom stereocenters. The second kappa shape index (κ2) is 18.0. The zero-order valence-electron chi connectivity index (χ0n) is 33.7. The SMILES string of the molecule is S=C1N(c2ccccc2)NC(c2ccccc2)NN1c1ccc(N2NC(c3ccccc3)NN(c3ccc(N4NC(c5ccccc5)NN(c5ccccc5)C4=S)cc3)C2=S)cc1. The smallest absolute Gasteiger partial charge is 0.210 e. The van der Waals surface area contributed by atoms with Crippen LogP contribution in [0.25, 0.3) is 0 Å². The number of hydrogen-bond acceptors (Lipinski definition) is 9. The van der Waals surface area contributed by atoms with E-state index in [0.717, 1.165) is 50.8 Å². The van der Waals surface area contributed by atoms with Crippen LogP contribution in [-0.4, -0.2) is 15.3 Å². The summed E-state index contributed by atoms with van der Waals surface area (Å²) in [5.74, 6) is 0. The summed E-state index contributed by atoms with van der Waals surface area (Å²) in [6.45, 7) is 0. The zero-order valence-corrected chi connectivity index (χ0v) is 36.1. The van der Waals surface area contributed by atoms with E-state index in [1.54, 1.807) is 0 Å². The van der Waals surface area contributed by atoms with Crippen molar-refractivity contribution in [3.63, 3.8) is 0 Å². The van der Waals surface area contributed by atoms with Crippen molar-refractivity contribution in [3.05, 3.63) is 217 Å². The molecule has 3 heterocycles. The van der Waals surface area contributed by atoms with Crippen molar-refractivity contribution in [2.45, 2.75) is 18.5 Å². The molecule has 6 N–H and O–H groups in total. The Kier molecular flexibility index (Phi) is 11.6. The number of rotatable bonds is 9. The van der Waals surface area contributed by atoms with Gasteiger partial charge in [0.25, 0.3) is 0 Å². The minimum Gasteiger partial charge on any atom is -0.249 e. The van der Waals surface area contributed by atoms with E-state index in [1.165, 1.54) is 0 Å². The standard InChI is InChI=1S/C48H42N12S3/c61-46-55(37-22-12-4-13-23-37)49-43(34-16-6-1-7-17-34)51-57(46)39-26-30-41(31-27-39)59-48(63)60(54-45(53-59)36-20-10-3-11-21-36)42-32-28-40(29-33-42)58-47(62)56(38-24-14-5-15-25-38)50-44(52-58)35-18-8-2-9-19-35/h1-33,43-45,49-54H. The predicted octanol–water partition coefficient (Wildman–Crippen LogP) is 8.65. The Labute approximate surface area is 382 Å². The van der Waals surface area contributed by atoms with Crippen LogP contribution in [0.5, 0.6) is 0 Å². The van der Waals surface area contributed by atoms with Gasteiger partial charge in [0.1, 0.15) is 18.5 Å². The topological polar surface area (TPSA) is 91.6 Å². The van der Waals surface area contributed by atoms with Gasteiger partial charge >= 0.3 is 0 Å². The highest BCUT2D eigenvalue weighted by molar-refractivity contribution is 7.81.